The van der Waals surface area contributed by atoms with E-state index in [0.717, 1.165) is 33.0 Å². The highest BCUT2D eigenvalue weighted by molar-refractivity contribution is 5.93. The molecular formula is C23H19FO4. The minimum atomic E-state index is -0.937. The molecule has 0 saturated carbocycles. The van der Waals surface area contributed by atoms with Crippen LogP contribution >= 0.6 is 0 Å². The molecule has 0 radical (unpaired) electrons. The van der Waals surface area contributed by atoms with E-state index in [-0.39, 0.29) is 31.5 Å². The molecule has 0 bridgehead atoms. The molecule has 0 spiro atoms. The van der Waals surface area contributed by atoms with Crippen molar-refractivity contribution in [2.24, 2.45) is 0 Å². The average Bonchev–Trinajstić information content (AvgIpc) is 2.92. The molecule has 5 heteroatoms. The topological polar surface area (TPSA) is 74.6 Å². The predicted octanol–water partition coefficient (Wildman–Crippen LogP) is 4.98. The van der Waals surface area contributed by atoms with Crippen molar-refractivity contribution < 1.29 is 24.2 Å². The lowest BCUT2D eigenvalue weighted by atomic mass is 9.71. The number of hydrogen-bond donors (Lipinski definition) is 2. The number of carboxylic acids is 2. The highest BCUT2D eigenvalue weighted by Crippen LogP contribution is 2.54. The first-order chi connectivity index (χ1) is 13.4. The Labute approximate surface area is 161 Å². The highest BCUT2D eigenvalue weighted by Gasteiger charge is 2.43. The summed E-state index contributed by atoms with van der Waals surface area (Å²) >= 11 is 0. The smallest absolute Gasteiger partial charge is 0.303 e. The molecule has 3 aromatic rings. The third-order valence-electron chi connectivity index (χ3n) is 5.72. The van der Waals surface area contributed by atoms with Gasteiger partial charge in [-0.25, -0.2) is 4.39 Å². The summed E-state index contributed by atoms with van der Waals surface area (Å²) in [6.07, 6.45) is 0.338. The first-order valence-electron chi connectivity index (χ1n) is 9.18. The van der Waals surface area contributed by atoms with Crippen LogP contribution in [0.2, 0.25) is 0 Å². The van der Waals surface area contributed by atoms with Crippen molar-refractivity contribution in [3.63, 3.8) is 0 Å². The maximum absolute atomic E-state index is 14.1. The Morgan fingerprint density at radius 3 is 1.96 bits per heavy atom. The van der Waals surface area contributed by atoms with Crippen LogP contribution < -0.4 is 0 Å². The van der Waals surface area contributed by atoms with Crippen molar-refractivity contribution in [2.45, 2.75) is 31.1 Å². The van der Waals surface area contributed by atoms with Gasteiger partial charge in [0.25, 0.3) is 0 Å². The molecule has 4 rings (SSSR count). The molecule has 3 aromatic carbocycles. The monoisotopic (exact) mass is 378 g/mol. The molecule has 1 aliphatic carbocycles. The Morgan fingerprint density at radius 2 is 1.36 bits per heavy atom. The van der Waals surface area contributed by atoms with Crippen molar-refractivity contribution in [3.05, 3.63) is 71.5 Å². The largest absolute Gasteiger partial charge is 0.481 e. The Balaban J connectivity index is 2.00. The molecule has 0 saturated heterocycles. The number of aliphatic carboxylic acids is 2. The van der Waals surface area contributed by atoms with E-state index < -0.39 is 17.4 Å². The molecular weight excluding hydrogens is 359 g/mol. The van der Waals surface area contributed by atoms with Crippen LogP contribution in [-0.4, -0.2) is 22.2 Å². The summed E-state index contributed by atoms with van der Waals surface area (Å²) in [4.78, 5) is 22.7. The third kappa shape index (κ3) is 2.93. The van der Waals surface area contributed by atoms with Crippen LogP contribution in [0.4, 0.5) is 4.39 Å². The molecule has 2 N–H and O–H groups in total. The number of rotatable bonds is 6. The summed E-state index contributed by atoms with van der Waals surface area (Å²) in [7, 11) is 0. The van der Waals surface area contributed by atoms with Crippen LogP contribution in [-0.2, 0) is 15.0 Å². The van der Waals surface area contributed by atoms with E-state index in [4.69, 9.17) is 0 Å². The number of carboxylic acid groups (broad SMARTS) is 2. The van der Waals surface area contributed by atoms with E-state index in [9.17, 15) is 24.2 Å². The van der Waals surface area contributed by atoms with Gasteiger partial charge in [-0.15, -0.1) is 0 Å². The second-order valence-corrected chi connectivity index (χ2v) is 7.30. The van der Waals surface area contributed by atoms with E-state index in [2.05, 4.69) is 0 Å². The molecule has 4 nitrogen and oxygen atoms in total. The number of carbonyl (C=O) groups is 2. The Bertz CT molecular complexity index is 1080. The van der Waals surface area contributed by atoms with Crippen LogP contribution in [0.3, 0.4) is 0 Å². The van der Waals surface area contributed by atoms with Crippen LogP contribution in [0.1, 0.15) is 36.8 Å². The zero-order chi connectivity index (χ0) is 19.9. The normalized spacial score (nSPS) is 13.9. The molecule has 0 unspecified atom stereocenters. The standard InChI is InChI=1S/C23H19FO4/c24-16-5-6-19-18(13-16)17-11-14-3-1-2-4-15(14)12-20(17)23(19,9-7-21(25)26)10-8-22(27)28/h1-6,11-13H,7-10H2,(H,25,26)(H,27,28). The fourth-order valence-corrected chi connectivity index (χ4v) is 4.47. The molecule has 1 aliphatic rings. The summed E-state index contributed by atoms with van der Waals surface area (Å²) in [5.41, 5.74) is 2.50. The van der Waals surface area contributed by atoms with E-state index in [1.807, 2.05) is 36.4 Å². The van der Waals surface area contributed by atoms with Gasteiger partial charge in [-0.05, 0) is 70.1 Å². The number of benzene rings is 3. The quantitative estimate of drug-likeness (QED) is 0.635. The van der Waals surface area contributed by atoms with Crippen LogP contribution in [0.25, 0.3) is 21.9 Å². The first kappa shape index (κ1) is 18.2. The third-order valence-corrected chi connectivity index (χ3v) is 5.72. The van der Waals surface area contributed by atoms with Crippen LogP contribution in [0.5, 0.6) is 0 Å². The highest BCUT2D eigenvalue weighted by atomic mass is 19.1. The van der Waals surface area contributed by atoms with Crippen molar-refractivity contribution in [1.29, 1.82) is 0 Å². The van der Waals surface area contributed by atoms with Gasteiger partial charge in [0.15, 0.2) is 0 Å². The minimum absolute atomic E-state index is 0.0945. The first-order valence-corrected chi connectivity index (χ1v) is 9.18. The Hall–Kier alpha value is -3.21. The van der Waals surface area contributed by atoms with Gasteiger partial charge in [0, 0.05) is 18.3 Å². The lowest BCUT2D eigenvalue weighted by molar-refractivity contribution is -0.137. The average molecular weight is 378 g/mol. The van der Waals surface area contributed by atoms with Gasteiger partial charge >= 0.3 is 11.9 Å². The van der Waals surface area contributed by atoms with E-state index in [1.54, 1.807) is 6.07 Å². The summed E-state index contributed by atoms with van der Waals surface area (Å²) in [5, 5.41) is 20.6. The van der Waals surface area contributed by atoms with Crippen molar-refractivity contribution in [2.75, 3.05) is 0 Å². The number of fused-ring (bicyclic) bond motifs is 4. The molecule has 142 valence electrons. The Kier molecular flexibility index (Phi) is 4.38. The summed E-state index contributed by atoms with van der Waals surface area (Å²) in [6, 6.07) is 16.3. The van der Waals surface area contributed by atoms with Crippen molar-refractivity contribution >= 4 is 22.7 Å². The molecule has 0 heterocycles. The molecule has 0 atom stereocenters. The lowest BCUT2D eigenvalue weighted by Crippen LogP contribution is -2.27. The van der Waals surface area contributed by atoms with Gasteiger partial charge in [0.1, 0.15) is 5.82 Å². The van der Waals surface area contributed by atoms with Crippen molar-refractivity contribution in [1.82, 2.24) is 0 Å². The zero-order valence-corrected chi connectivity index (χ0v) is 15.1. The van der Waals surface area contributed by atoms with E-state index in [1.165, 1.54) is 12.1 Å². The SMILES string of the molecule is O=C(O)CCC1(CCC(=O)O)c2ccc(F)cc2-c2cc3ccccc3cc21. The van der Waals surface area contributed by atoms with Gasteiger partial charge in [0.05, 0.1) is 0 Å². The predicted molar refractivity (Wildman–Crippen MR) is 104 cm³/mol. The molecule has 0 fully saturated rings. The van der Waals surface area contributed by atoms with Gasteiger partial charge in [-0.2, -0.15) is 0 Å². The molecule has 0 aromatic heterocycles. The maximum Gasteiger partial charge on any atom is 0.303 e. The summed E-state index contributed by atoms with van der Waals surface area (Å²) < 4.78 is 14.1. The minimum Gasteiger partial charge on any atom is -0.481 e. The molecule has 0 amide bonds. The number of hydrogen-bond acceptors (Lipinski definition) is 2. The fraction of sp³-hybridized carbons (Fsp3) is 0.217. The second-order valence-electron chi connectivity index (χ2n) is 7.30. The van der Waals surface area contributed by atoms with E-state index >= 15 is 0 Å². The van der Waals surface area contributed by atoms with Gasteiger partial charge in [-0.3, -0.25) is 9.59 Å². The van der Waals surface area contributed by atoms with Gasteiger partial charge in [0.2, 0.25) is 0 Å². The number of halogens is 1. The zero-order valence-electron chi connectivity index (χ0n) is 15.1. The molecule has 28 heavy (non-hydrogen) atoms. The maximum atomic E-state index is 14.1. The summed E-state index contributed by atoms with van der Waals surface area (Å²) in [5.74, 6) is -2.25. The van der Waals surface area contributed by atoms with Gasteiger partial charge in [-0.1, -0.05) is 30.3 Å². The Morgan fingerprint density at radius 1 is 0.786 bits per heavy atom. The lowest BCUT2D eigenvalue weighted by Gasteiger charge is -2.31. The molecule has 0 aliphatic heterocycles. The van der Waals surface area contributed by atoms with Crippen LogP contribution in [0.15, 0.2) is 54.6 Å². The van der Waals surface area contributed by atoms with Crippen LogP contribution in [0, 0.1) is 5.82 Å². The van der Waals surface area contributed by atoms with Crippen molar-refractivity contribution in [3.8, 4) is 11.1 Å². The van der Waals surface area contributed by atoms with E-state index in [0.29, 0.717) is 0 Å². The summed E-state index contributed by atoms with van der Waals surface area (Å²) in [6.45, 7) is 0. The fourth-order valence-electron chi connectivity index (χ4n) is 4.47. The second kappa shape index (κ2) is 6.75. The van der Waals surface area contributed by atoms with Gasteiger partial charge < -0.3 is 10.2 Å².